The number of hydrogen-bond acceptors (Lipinski definition) is 4. The highest BCUT2D eigenvalue weighted by Gasteiger charge is 2.15. The maximum atomic E-state index is 12.1. The Morgan fingerprint density at radius 3 is 2.68 bits per heavy atom. The zero-order valence-corrected chi connectivity index (χ0v) is 13.6. The molecule has 2 aromatic rings. The number of carbonyl (C=O) groups is 1. The normalized spacial score (nSPS) is 14.8. The molecule has 1 aliphatic carbocycles. The SMILES string of the molecule is O=C(Nc1cccc(Br)c1)c1cnc(NC2CCCC2)cn1. The summed E-state index contributed by atoms with van der Waals surface area (Å²) in [6, 6.07) is 7.91. The lowest BCUT2D eigenvalue weighted by Crippen LogP contribution is -2.17. The van der Waals surface area contributed by atoms with Crippen LogP contribution in [0.25, 0.3) is 0 Å². The van der Waals surface area contributed by atoms with E-state index >= 15 is 0 Å². The second-order valence-corrected chi connectivity index (χ2v) is 6.29. The molecule has 0 bridgehead atoms. The van der Waals surface area contributed by atoms with Gasteiger partial charge in [0.25, 0.3) is 5.91 Å². The number of halogens is 1. The van der Waals surface area contributed by atoms with E-state index in [-0.39, 0.29) is 5.91 Å². The summed E-state index contributed by atoms with van der Waals surface area (Å²) in [6.45, 7) is 0. The molecule has 0 radical (unpaired) electrons. The van der Waals surface area contributed by atoms with Gasteiger partial charge < -0.3 is 10.6 Å². The Morgan fingerprint density at radius 1 is 1.18 bits per heavy atom. The summed E-state index contributed by atoms with van der Waals surface area (Å²) in [4.78, 5) is 20.6. The topological polar surface area (TPSA) is 66.9 Å². The maximum absolute atomic E-state index is 12.1. The first-order valence-corrected chi connectivity index (χ1v) is 8.15. The standard InChI is InChI=1S/C16H17BrN4O/c17-11-4-3-7-13(8-11)21-16(22)14-9-19-15(10-18-14)20-12-5-1-2-6-12/h3-4,7-10,12H,1-2,5-6H2,(H,19,20)(H,21,22). The van der Waals surface area contributed by atoms with Crippen molar-refractivity contribution in [3.63, 3.8) is 0 Å². The molecule has 0 aliphatic heterocycles. The molecule has 6 heteroatoms. The summed E-state index contributed by atoms with van der Waals surface area (Å²) in [5.41, 5.74) is 1.02. The summed E-state index contributed by atoms with van der Waals surface area (Å²) >= 11 is 3.37. The van der Waals surface area contributed by atoms with Gasteiger partial charge in [-0.05, 0) is 31.0 Å². The minimum absolute atomic E-state index is 0.266. The number of hydrogen-bond donors (Lipinski definition) is 2. The molecule has 114 valence electrons. The van der Waals surface area contributed by atoms with E-state index in [1.807, 2.05) is 24.3 Å². The van der Waals surface area contributed by atoms with Crippen molar-refractivity contribution in [2.75, 3.05) is 10.6 Å². The van der Waals surface area contributed by atoms with Crippen molar-refractivity contribution >= 4 is 33.3 Å². The lowest BCUT2D eigenvalue weighted by molar-refractivity contribution is 0.102. The van der Waals surface area contributed by atoms with Gasteiger partial charge in [-0.1, -0.05) is 34.8 Å². The fraction of sp³-hybridized carbons (Fsp3) is 0.312. The Morgan fingerprint density at radius 2 is 2.00 bits per heavy atom. The summed E-state index contributed by atoms with van der Waals surface area (Å²) in [5, 5.41) is 6.15. The monoisotopic (exact) mass is 360 g/mol. The third-order valence-electron chi connectivity index (χ3n) is 3.67. The van der Waals surface area contributed by atoms with Crippen LogP contribution in [-0.4, -0.2) is 21.9 Å². The molecule has 1 aromatic heterocycles. The number of carbonyl (C=O) groups excluding carboxylic acids is 1. The molecule has 2 N–H and O–H groups in total. The molecule has 1 heterocycles. The number of benzene rings is 1. The molecule has 0 spiro atoms. The van der Waals surface area contributed by atoms with Crippen LogP contribution in [0.2, 0.25) is 0 Å². The summed E-state index contributed by atoms with van der Waals surface area (Å²) < 4.78 is 0.910. The average molecular weight is 361 g/mol. The van der Waals surface area contributed by atoms with Crippen molar-refractivity contribution in [1.82, 2.24) is 9.97 Å². The van der Waals surface area contributed by atoms with Crippen molar-refractivity contribution in [2.24, 2.45) is 0 Å². The van der Waals surface area contributed by atoms with E-state index in [9.17, 15) is 4.79 Å². The van der Waals surface area contributed by atoms with Gasteiger partial charge in [-0.2, -0.15) is 0 Å². The Balaban J connectivity index is 1.63. The van der Waals surface area contributed by atoms with E-state index in [0.717, 1.165) is 10.3 Å². The molecule has 1 saturated carbocycles. The first-order chi connectivity index (χ1) is 10.7. The molecule has 5 nitrogen and oxygen atoms in total. The number of nitrogens with one attached hydrogen (secondary N) is 2. The van der Waals surface area contributed by atoms with Crippen molar-refractivity contribution < 1.29 is 4.79 Å². The third-order valence-corrected chi connectivity index (χ3v) is 4.17. The molecule has 1 fully saturated rings. The van der Waals surface area contributed by atoms with Crippen molar-refractivity contribution in [1.29, 1.82) is 0 Å². The lowest BCUT2D eigenvalue weighted by Gasteiger charge is -2.12. The van der Waals surface area contributed by atoms with Gasteiger partial charge in [0.2, 0.25) is 0 Å². The van der Waals surface area contributed by atoms with E-state index in [1.54, 1.807) is 6.20 Å². The summed E-state index contributed by atoms with van der Waals surface area (Å²) in [6.07, 6.45) is 7.99. The van der Waals surface area contributed by atoms with E-state index in [4.69, 9.17) is 0 Å². The molecule has 1 aliphatic rings. The molecule has 0 atom stereocenters. The number of anilines is 2. The van der Waals surface area contributed by atoms with Crippen LogP contribution in [0.4, 0.5) is 11.5 Å². The number of nitrogens with zero attached hydrogens (tertiary/aromatic N) is 2. The van der Waals surface area contributed by atoms with Crippen molar-refractivity contribution in [3.8, 4) is 0 Å². The molecule has 1 aromatic carbocycles. The van der Waals surface area contributed by atoms with Crippen molar-refractivity contribution in [2.45, 2.75) is 31.7 Å². The molecule has 22 heavy (non-hydrogen) atoms. The highest BCUT2D eigenvalue weighted by molar-refractivity contribution is 9.10. The van der Waals surface area contributed by atoms with E-state index < -0.39 is 0 Å². The molecule has 0 saturated heterocycles. The molecule has 3 rings (SSSR count). The van der Waals surface area contributed by atoms with Gasteiger partial charge in [0.05, 0.1) is 12.4 Å². The first-order valence-electron chi connectivity index (χ1n) is 7.36. The minimum Gasteiger partial charge on any atom is -0.366 e. The van der Waals surface area contributed by atoms with Gasteiger partial charge in [-0.15, -0.1) is 0 Å². The predicted octanol–water partition coefficient (Wildman–Crippen LogP) is 3.85. The molecule has 0 unspecified atom stereocenters. The highest BCUT2D eigenvalue weighted by atomic mass is 79.9. The largest absolute Gasteiger partial charge is 0.366 e. The Labute approximate surface area is 137 Å². The van der Waals surface area contributed by atoms with Crippen LogP contribution >= 0.6 is 15.9 Å². The fourth-order valence-corrected chi connectivity index (χ4v) is 2.96. The maximum Gasteiger partial charge on any atom is 0.275 e. The quantitative estimate of drug-likeness (QED) is 0.868. The van der Waals surface area contributed by atoms with Gasteiger partial charge >= 0.3 is 0 Å². The van der Waals surface area contributed by atoms with Gasteiger partial charge in [0.1, 0.15) is 11.5 Å². The average Bonchev–Trinajstić information content (AvgIpc) is 3.01. The third kappa shape index (κ3) is 3.82. The van der Waals surface area contributed by atoms with Crippen molar-refractivity contribution in [3.05, 3.63) is 46.8 Å². The zero-order chi connectivity index (χ0) is 15.4. The second-order valence-electron chi connectivity index (χ2n) is 5.38. The smallest absolute Gasteiger partial charge is 0.275 e. The molecular formula is C16H17BrN4O. The van der Waals surface area contributed by atoms with Crippen LogP contribution < -0.4 is 10.6 Å². The van der Waals surface area contributed by atoms with Gasteiger partial charge in [-0.25, -0.2) is 9.97 Å². The number of amides is 1. The van der Waals surface area contributed by atoms with Crippen LogP contribution in [-0.2, 0) is 0 Å². The van der Waals surface area contributed by atoms with Gasteiger partial charge in [0, 0.05) is 16.2 Å². The Hall–Kier alpha value is -1.95. The van der Waals surface area contributed by atoms with E-state index in [2.05, 4.69) is 36.5 Å². The number of rotatable bonds is 4. The second kappa shape index (κ2) is 6.87. The zero-order valence-electron chi connectivity index (χ0n) is 12.1. The van der Waals surface area contributed by atoms with Crippen LogP contribution in [0.1, 0.15) is 36.2 Å². The minimum atomic E-state index is -0.266. The molecule has 1 amide bonds. The highest BCUT2D eigenvalue weighted by Crippen LogP contribution is 2.21. The molecular weight excluding hydrogens is 344 g/mol. The van der Waals surface area contributed by atoms with E-state index in [1.165, 1.54) is 31.9 Å². The predicted molar refractivity (Wildman–Crippen MR) is 90.0 cm³/mol. The summed E-state index contributed by atoms with van der Waals surface area (Å²) in [7, 11) is 0. The van der Waals surface area contributed by atoms with Crippen LogP contribution in [0.15, 0.2) is 41.1 Å². The Bertz CT molecular complexity index is 653. The number of aromatic nitrogens is 2. The fourth-order valence-electron chi connectivity index (χ4n) is 2.56. The summed E-state index contributed by atoms with van der Waals surface area (Å²) in [5.74, 6) is 0.462. The van der Waals surface area contributed by atoms with Crippen LogP contribution in [0.3, 0.4) is 0 Å². The van der Waals surface area contributed by atoms with Crippen LogP contribution in [0, 0.1) is 0 Å². The van der Waals surface area contributed by atoms with Gasteiger partial charge in [0.15, 0.2) is 0 Å². The lowest BCUT2D eigenvalue weighted by atomic mass is 10.2. The van der Waals surface area contributed by atoms with Gasteiger partial charge in [-0.3, -0.25) is 4.79 Å². The first kappa shape index (κ1) is 15.0. The van der Waals surface area contributed by atoms with Crippen LogP contribution in [0.5, 0.6) is 0 Å². The Kier molecular flexibility index (Phi) is 4.68. The van der Waals surface area contributed by atoms with E-state index in [0.29, 0.717) is 17.4 Å².